The normalized spacial score (nSPS) is 10.0. The molecule has 21 heavy (non-hydrogen) atoms. The van der Waals surface area contributed by atoms with Crippen molar-refractivity contribution in [2.75, 3.05) is 18.4 Å². The Morgan fingerprint density at radius 3 is 2.57 bits per heavy atom. The molecule has 2 N–H and O–H groups in total. The van der Waals surface area contributed by atoms with Crippen LogP contribution in [0.2, 0.25) is 0 Å². The minimum Gasteiger partial charge on any atom is -0.481 e. The average molecular weight is 295 g/mol. The highest BCUT2D eigenvalue weighted by Gasteiger charge is 2.15. The minimum atomic E-state index is -0.979. The number of amides is 2. The lowest BCUT2D eigenvalue weighted by Gasteiger charge is -2.21. The number of anilines is 1. The zero-order valence-corrected chi connectivity index (χ0v) is 11.8. The second-order valence-corrected chi connectivity index (χ2v) is 4.41. The molecule has 0 aliphatic rings. The Kier molecular flexibility index (Phi) is 5.65. The largest absolute Gasteiger partial charge is 0.481 e. The smallest absolute Gasteiger partial charge is 0.321 e. The molecule has 0 aliphatic carbocycles. The van der Waals surface area contributed by atoms with E-state index in [9.17, 15) is 19.7 Å². The SMILES string of the molecule is CCN(CCC(=O)O)C(=O)Nc1ccc([N+](=O)[O-])cc1C. The second kappa shape index (κ2) is 7.22. The van der Waals surface area contributed by atoms with Gasteiger partial charge in [0.25, 0.3) is 5.69 Å². The van der Waals surface area contributed by atoms with Crippen molar-refractivity contribution in [3.8, 4) is 0 Å². The summed E-state index contributed by atoms with van der Waals surface area (Å²) in [7, 11) is 0. The number of benzene rings is 1. The van der Waals surface area contributed by atoms with E-state index in [2.05, 4.69) is 5.32 Å². The molecule has 114 valence electrons. The van der Waals surface area contributed by atoms with E-state index >= 15 is 0 Å². The summed E-state index contributed by atoms with van der Waals surface area (Å²) in [5.74, 6) is -0.979. The van der Waals surface area contributed by atoms with E-state index in [0.717, 1.165) is 0 Å². The molecule has 0 atom stereocenters. The molecule has 0 bridgehead atoms. The summed E-state index contributed by atoms with van der Waals surface area (Å²) in [4.78, 5) is 34.0. The van der Waals surface area contributed by atoms with Gasteiger partial charge in [-0.1, -0.05) is 0 Å². The molecule has 1 aromatic carbocycles. The van der Waals surface area contributed by atoms with Crippen LogP contribution in [-0.2, 0) is 4.79 Å². The van der Waals surface area contributed by atoms with Crippen molar-refractivity contribution in [2.45, 2.75) is 20.3 Å². The van der Waals surface area contributed by atoms with Gasteiger partial charge in [-0.3, -0.25) is 14.9 Å². The molecule has 0 saturated carbocycles. The van der Waals surface area contributed by atoms with E-state index < -0.39 is 16.9 Å². The molecule has 0 heterocycles. The van der Waals surface area contributed by atoms with Gasteiger partial charge in [-0.25, -0.2) is 4.79 Å². The first kappa shape index (κ1) is 16.4. The fourth-order valence-corrected chi connectivity index (χ4v) is 1.73. The van der Waals surface area contributed by atoms with Crippen LogP contribution in [-0.4, -0.2) is 40.0 Å². The molecule has 0 spiro atoms. The first-order valence-electron chi connectivity index (χ1n) is 6.38. The molecule has 0 aromatic heterocycles. The highest BCUT2D eigenvalue weighted by molar-refractivity contribution is 5.90. The molecule has 1 rings (SSSR count). The number of nitro groups is 1. The number of aryl methyl sites for hydroxylation is 1. The fourth-order valence-electron chi connectivity index (χ4n) is 1.73. The van der Waals surface area contributed by atoms with Gasteiger partial charge in [0, 0.05) is 30.9 Å². The van der Waals surface area contributed by atoms with Gasteiger partial charge in [0.1, 0.15) is 0 Å². The van der Waals surface area contributed by atoms with Gasteiger partial charge in [0.05, 0.1) is 11.3 Å². The third kappa shape index (κ3) is 4.75. The molecule has 0 radical (unpaired) electrons. The number of nitrogens with zero attached hydrogens (tertiary/aromatic N) is 2. The zero-order valence-electron chi connectivity index (χ0n) is 11.8. The number of carbonyl (C=O) groups is 2. The van der Waals surface area contributed by atoms with Gasteiger partial charge >= 0.3 is 12.0 Å². The van der Waals surface area contributed by atoms with Crippen LogP contribution in [0.25, 0.3) is 0 Å². The maximum atomic E-state index is 12.0. The molecule has 1 aromatic rings. The summed E-state index contributed by atoms with van der Waals surface area (Å²) in [6.45, 7) is 3.86. The molecule has 8 nitrogen and oxygen atoms in total. The predicted octanol–water partition coefficient (Wildman–Crippen LogP) is 2.23. The van der Waals surface area contributed by atoms with Crippen molar-refractivity contribution >= 4 is 23.4 Å². The van der Waals surface area contributed by atoms with Crippen molar-refractivity contribution in [1.82, 2.24) is 4.90 Å². The molecule has 0 aliphatic heterocycles. The van der Waals surface area contributed by atoms with Crippen LogP contribution in [0.3, 0.4) is 0 Å². The molecule has 0 fully saturated rings. The van der Waals surface area contributed by atoms with Crippen LogP contribution in [0.15, 0.2) is 18.2 Å². The summed E-state index contributed by atoms with van der Waals surface area (Å²) in [5, 5.41) is 21.9. The number of carboxylic acid groups (broad SMARTS) is 1. The van der Waals surface area contributed by atoms with Gasteiger partial charge in [0.2, 0.25) is 0 Å². The third-order valence-corrected chi connectivity index (χ3v) is 2.93. The van der Waals surface area contributed by atoms with Gasteiger partial charge in [-0.15, -0.1) is 0 Å². The number of rotatable bonds is 6. The number of aliphatic carboxylic acids is 1. The molecule has 2 amide bonds. The number of carbonyl (C=O) groups excluding carboxylic acids is 1. The Morgan fingerprint density at radius 2 is 2.10 bits per heavy atom. The molecule has 0 unspecified atom stereocenters. The maximum Gasteiger partial charge on any atom is 0.321 e. The lowest BCUT2D eigenvalue weighted by Crippen LogP contribution is -2.36. The number of non-ortho nitro benzene ring substituents is 1. The van der Waals surface area contributed by atoms with E-state index in [1.165, 1.54) is 23.1 Å². The summed E-state index contributed by atoms with van der Waals surface area (Å²) in [6, 6.07) is 3.69. The fraction of sp³-hybridized carbons (Fsp3) is 0.385. The quantitative estimate of drug-likeness (QED) is 0.617. The number of hydrogen-bond donors (Lipinski definition) is 2. The summed E-state index contributed by atoms with van der Waals surface area (Å²) in [5.41, 5.74) is 0.968. The Balaban J connectivity index is 2.77. The highest BCUT2D eigenvalue weighted by atomic mass is 16.6. The molecule has 8 heteroatoms. The lowest BCUT2D eigenvalue weighted by atomic mass is 10.2. The number of nitrogens with one attached hydrogen (secondary N) is 1. The van der Waals surface area contributed by atoms with Gasteiger partial charge < -0.3 is 15.3 Å². The summed E-state index contributed by atoms with van der Waals surface area (Å²) in [6.07, 6.45) is -0.138. The Bertz CT molecular complexity index is 559. The van der Waals surface area contributed by atoms with Crippen LogP contribution in [0.1, 0.15) is 18.9 Å². The van der Waals surface area contributed by atoms with E-state index in [0.29, 0.717) is 17.8 Å². The molecule has 0 saturated heterocycles. The number of carboxylic acids is 1. The first-order valence-corrected chi connectivity index (χ1v) is 6.38. The standard InChI is InChI=1S/C13H17N3O5/c1-3-15(7-6-12(17)18)13(19)14-11-5-4-10(16(20)21)8-9(11)2/h4-5,8H,3,6-7H2,1-2H3,(H,14,19)(H,17,18). The van der Waals surface area contributed by atoms with Crippen LogP contribution >= 0.6 is 0 Å². The number of urea groups is 1. The zero-order chi connectivity index (χ0) is 16.0. The molecular formula is C13H17N3O5. The van der Waals surface area contributed by atoms with Crippen molar-refractivity contribution in [2.24, 2.45) is 0 Å². The topological polar surface area (TPSA) is 113 Å². The monoisotopic (exact) mass is 295 g/mol. The Labute approximate surface area is 121 Å². The van der Waals surface area contributed by atoms with E-state index in [4.69, 9.17) is 5.11 Å². The first-order chi connectivity index (χ1) is 9.85. The number of nitro benzene ring substituents is 1. The van der Waals surface area contributed by atoms with Crippen molar-refractivity contribution in [3.05, 3.63) is 33.9 Å². The van der Waals surface area contributed by atoms with Crippen molar-refractivity contribution < 1.29 is 19.6 Å². The second-order valence-electron chi connectivity index (χ2n) is 4.41. The van der Waals surface area contributed by atoms with E-state index in [1.807, 2.05) is 0 Å². The Morgan fingerprint density at radius 1 is 1.43 bits per heavy atom. The van der Waals surface area contributed by atoms with Crippen molar-refractivity contribution in [1.29, 1.82) is 0 Å². The van der Waals surface area contributed by atoms with Crippen molar-refractivity contribution in [3.63, 3.8) is 0 Å². The predicted molar refractivity (Wildman–Crippen MR) is 76.4 cm³/mol. The van der Waals surface area contributed by atoms with Crippen LogP contribution in [0, 0.1) is 17.0 Å². The maximum absolute atomic E-state index is 12.0. The van der Waals surface area contributed by atoms with E-state index in [-0.39, 0.29) is 18.7 Å². The molecular weight excluding hydrogens is 278 g/mol. The summed E-state index contributed by atoms with van der Waals surface area (Å²) < 4.78 is 0. The third-order valence-electron chi connectivity index (χ3n) is 2.93. The highest BCUT2D eigenvalue weighted by Crippen LogP contribution is 2.21. The van der Waals surface area contributed by atoms with E-state index in [1.54, 1.807) is 13.8 Å². The van der Waals surface area contributed by atoms with Gasteiger partial charge in [-0.05, 0) is 25.5 Å². The average Bonchev–Trinajstić information content (AvgIpc) is 2.41. The summed E-state index contributed by atoms with van der Waals surface area (Å²) >= 11 is 0. The lowest BCUT2D eigenvalue weighted by molar-refractivity contribution is -0.384. The van der Waals surface area contributed by atoms with Gasteiger partial charge in [0.15, 0.2) is 0 Å². The van der Waals surface area contributed by atoms with Gasteiger partial charge in [-0.2, -0.15) is 0 Å². The number of hydrogen-bond acceptors (Lipinski definition) is 4. The van der Waals surface area contributed by atoms with Crippen LogP contribution in [0.4, 0.5) is 16.2 Å². The Hall–Kier alpha value is -2.64. The van der Waals surface area contributed by atoms with Crippen LogP contribution < -0.4 is 5.32 Å². The minimum absolute atomic E-state index is 0.0521. The van der Waals surface area contributed by atoms with Crippen LogP contribution in [0.5, 0.6) is 0 Å².